The van der Waals surface area contributed by atoms with E-state index in [0.717, 1.165) is 43.1 Å². The number of aromatic nitrogens is 4. The van der Waals surface area contributed by atoms with Crippen LogP contribution in [0.15, 0.2) is 59.9 Å². The predicted molar refractivity (Wildman–Crippen MR) is 131 cm³/mol. The van der Waals surface area contributed by atoms with Crippen LogP contribution in [-0.2, 0) is 6.54 Å². The van der Waals surface area contributed by atoms with Gasteiger partial charge in [0, 0.05) is 48.0 Å². The molecule has 0 spiro atoms. The molecule has 0 amide bonds. The number of fused-ring (bicyclic) bond motifs is 1. The monoisotopic (exact) mass is 460 g/mol. The molecule has 0 unspecified atom stereocenters. The van der Waals surface area contributed by atoms with Gasteiger partial charge < -0.3 is 24.7 Å². The molecule has 3 heterocycles. The molecule has 0 bridgehead atoms. The number of anilines is 2. The Bertz CT molecular complexity index is 1310. The molecule has 1 aliphatic rings. The lowest BCUT2D eigenvalue weighted by atomic mass is 10.1. The van der Waals surface area contributed by atoms with Gasteiger partial charge in [0.25, 0.3) is 5.56 Å². The van der Waals surface area contributed by atoms with E-state index in [1.165, 1.54) is 0 Å². The van der Waals surface area contributed by atoms with Crippen LogP contribution in [0.4, 0.5) is 11.4 Å². The summed E-state index contributed by atoms with van der Waals surface area (Å²) < 4.78 is 12.8. The second-order valence-corrected chi connectivity index (χ2v) is 8.33. The fraction of sp³-hybridized carbons (Fsp3) is 0.320. The van der Waals surface area contributed by atoms with Crippen molar-refractivity contribution in [3.8, 4) is 11.5 Å². The Morgan fingerprint density at radius 1 is 1.03 bits per heavy atom. The summed E-state index contributed by atoms with van der Waals surface area (Å²) in [6, 6.07) is 11.6. The van der Waals surface area contributed by atoms with E-state index >= 15 is 0 Å². The fourth-order valence-corrected chi connectivity index (χ4v) is 4.45. The highest BCUT2D eigenvalue weighted by molar-refractivity contribution is 5.83. The van der Waals surface area contributed by atoms with Gasteiger partial charge >= 0.3 is 0 Å². The van der Waals surface area contributed by atoms with Gasteiger partial charge in [-0.05, 0) is 44.1 Å². The Morgan fingerprint density at radius 3 is 2.47 bits per heavy atom. The lowest BCUT2D eigenvalue weighted by molar-refractivity contribution is 0.359. The molecule has 1 saturated heterocycles. The van der Waals surface area contributed by atoms with Gasteiger partial charge in [-0.1, -0.05) is 0 Å². The van der Waals surface area contributed by atoms with Crippen LogP contribution in [0.2, 0.25) is 0 Å². The molecule has 176 valence electrons. The molecular weight excluding hydrogens is 432 g/mol. The molecule has 2 N–H and O–H groups in total. The van der Waals surface area contributed by atoms with Gasteiger partial charge in [-0.2, -0.15) is 0 Å². The van der Waals surface area contributed by atoms with Crippen molar-refractivity contribution in [3.05, 3.63) is 71.3 Å². The van der Waals surface area contributed by atoms with Crippen molar-refractivity contribution in [2.45, 2.75) is 25.4 Å². The summed E-state index contributed by atoms with van der Waals surface area (Å²) in [6.45, 7) is 2.28. The normalized spacial score (nSPS) is 14.3. The number of aromatic amines is 1. The van der Waals surface area contributed by atoms with Crippen LogP contribution in [-0.4, -0.2) is 46.8 Å². The molecule has 9 nitrogen and oxygen atoms in total. The van der Waals surface area contributed by atoms with E-state index < -0.39 is 0 Å². The molecule has 0 radical (unpaired) electrons. The van der Waals surface area contributed by atoms with Crippen molar-refractivity contribution in [2.75, 3.05) is 32.2 Å². The van der Waals surface area contributed by atoms with Gasteiger partial charge in [0.15, 0.2) is 0 Å². The molecule has 5 rings (SSSR count). The second kappa shape index (κ2) is 9.56. The molecule has 1 fully saturated rings. The number of rotatable bonds is 7. The molecule has 2 aromatic heterocycles. The van der Waals surface area contributed by atoms with Crippen molar-refractivity contribution < 1.29 is 9.47 Å². The third kappa shape index (κ3) is 4.34. The largest absolute Gasteiger partial charge is 0.497 e. The number of benzene rings is 2. The van der Waals surface area contributed by atoms with E-state index in [-0.39, 0.29) is 11.6 Å². The Balaban J connectivity index is 1.62. The van der Waals surface area contributed by atoms with E-state index in [2.05, 4.69) is 25.2 Å². The van der Waals surface area contributed by atoms with Crippen LogP contribution < -0.4 is 25.2 Å². The lowest BCUT2D eigenvalue weighted by Crippen LogP contribution is -2.34. The molecule has 9 heteroatoms. The van der Waals surface area contributed by atoms with Crippen molar-refractivity contribution in [1.82, 2.24) is 24.8 Å². The zero-order valence-corrected chi connectivity index (χ0v) is 19.3. The third-order valence-corrected chi connectivity index (χ3v) is 6.29. The summed E-state index contributed by atoms with van der Waals surface area (Å²) in [5.74, 6) is 2.14. The Morgan fingerprint density at radius 2 is 1.79 bits per heavy atom. The second-order valence-electron chi connectivity index (χ2n) is 8.33. The first-order chi connectivity index (χ1) is 16.7. The average Bonchev–Trinajstić information content (AvgIpc) is 3.41. The standard InChI is InChI=1S/C25H28N6O3/c1-33-20-11-19(12-21(14-20)34-2)30(15-24-27-9-10-28-24)18-3-4-23-22(13-18)25(32)31(16-29-23)17-5-7-26-8-6-17/h3-4,9-14,16-17,26H,5-8,15H2,1-2H3,(H,27,28). The molecule has 34 heavy (non-hydrogen) atoms. The Hall–Kier alpha value is -3.85. The van der Waals surface area contributed by atoms with E-state index in [0.29, 0.717) is 28.9 Å². The smallest absolute Gasteiger partial charge is 0.261 e. The zero-order valence-electron chi connectivity index (χ0n) is 19.3. The van der Waals surface area contributed by atoms with Gasteiger partial charge in [0.2, 0.25) is 0 Å². The highest BCUT2D eigenvalue weighted by Crippen LogP contribution is 2.34. The summed E-state index contributed by atoms with van der Waals surface area (Å²) in [5, 5.41) is 3.95. The van der Waals surface area contributed by atoms with Crippen molar-refractivity contribution >= 4 is 22.3 Å². The first kappa shape index (κ1) is 22.0. The number of ether oxygens (including phenoxy) is 2. The Labute approximate surface area is 197 Å². The van der Waals surface area contributed by atoms with Gasteiger partial charge in [0.1, 0.15) is 17.3 Å². The minimum absolute atomic E-state index is 0.0140. The SMILES string of the molecule is COc1cc(OC)cc(N(Cc2ncc[nH]2)c2ccc3ncn(C4CCNCC4)c(=O)c3c2)c1. The number of hydrogen-bond donors (Lipinski definition) is 2. The van der Waals surface area contributed by atoms with Crippen LogP contribution >= 0.6 is 0 Å². The van der Waals surface area contributed by atoms with Crippen LogP contribution in [0.25, 0.3) is 10.9 Å². The van der Waals surface area contributed by atoms with Crippen molar-refractivity contribution in [3.63, 3.8) is 0 Å². The fourth-order valence-electron chi connectivity index (χ4n) is 4.45. The van der Waals surface area contributed by atoms with Gasteiger partial charge in [-0.3, -0.25) is 9.36 Å². The summed E-state index contributed by atoms with van der Waals surface area (Å²) in [6.07, 6.45) is 7.04. The number of imidazole rings is 1. The van der Waals surface area contributed by atoms with E-state index in [9.17, 15) is 4.79 Å². The highest BCUT2D eigenvalue weighted by atomic mass is 16.5. The van der Waals surface area contributed by atoms with E-state index in [1.807, 2.05) is 36.4 Å². The lowest BCUT2D eigenvalue weighted by Gasteiger charge is -2.26. The summed E-state index contributed by atoms with van der Waals surface area (Å²) in [7, 11) is 3.25. The number of methoxy groups -OCH3 is 2. The number of hydrogen-bond acceptors (Lipinski definition) is 7. The minimum Gasteiger partial charge on any atom is -0.497 e. The van der Waals surface area contributed by atoms with Gasteiger partial charge in [0.05, 0.1) is 38.0 Å². The summed E-state index contributed by atoms with van der Waals surface area (Å²) in [4.78, 5) is 27.7. The first-order valence-electron chi connectivity index (χ1n) is 11.4. The number of piperidine rings is 1. The third-order valence-electron chi connectivity index (χ3n) is 6.29. The predicted octanol–water partition coefficient (Wildman–Crippen LogP) is 3.40. The maximum atomic E-state index is 13.5. The van der Waals surface area contributed by atoms with Crippen LogP contribution in [0, 0.1) is 0 Å². The summed E-state index contributed by atoms with van der Waals surface area (Å²) in [5.41, 5.74) is 2.37. The van der Waals surface area contributed by atoms with Crippen LogP contribution in [0.3, 0.4) is 0 Å². The summed E-state index contributed by atoms with van der Waals surface area (Å²) >= 11 is 0. The molecular formula is C25H28N6O3. The Kier molecular flexibility index (Phi) is 6.18. The number of nitrogens with zero attached hydrogens (tertiary/aromatic N) is 4. The van der Waals surface area contributed by atoms with Crippen molar-refractivity contribution in [2.24, 2.45) is 0 Å². The van der Waals surface area contributed by atoms with Crippen LogP contribution in [0.5, 0.6) is 11.5 Å². The maximum Gasteiger partial charge on any atom is 0.261 e. The topological polar surface area (TPSA) is 97.3 Å². The zero-order chi connectivity index (χ0) is 23.5. The quantitative estimate of drug-likeness (QED) is 0.436. The highest BCUT2D eigenvalue weighted by Gasteiger charge is 2.19. The molecule has 1 aliphatic heterocycles. The average molecular weight is 461 g/mol. The first-order valence-corrected chi connectivity index (χ1v) is 11.4. The van der Waals surface area contributed by atoms with E-state index in [4.69, 9.17) is 9.47 Å². The van der Waals surface area contributed by atoms with Crippen molar-refractivity contribution in [1.29, 1.82) is 0 Å². The molecule has 0 saturated carbocycles. The molecule has 2 aromatic carbocycles. The molecule has 0 atom stereocenters. The van der Waals surface area contributed by atoms with Gasteiger partial charge in [-0.15, -0.1) is 0 Å². The molecule has 0 aliphatic carbocycles. The minimum atomic E-state index is -0.0140. The van der Waals surface area contributed by atoms with Crippen LogP contribution in [0.1, 0.15) is 24.7 Å². The van der Waals surface area contributed by atoms with Gasteiger partial charge in [-0.25, -0.2) is 9.97 Å². The number of nitrogens with one attached hydrogen (secondary N) is 2. The molecule has 4 aromatic rings. The number of H-pyrrole nitrogens is 1. The maximum absolute atomic E-state index is 13.5. The van der Waals surface area contributed by atoms with E-state index in [1.54, 1.807) is 37.5 Å².